The van der Waals surface area contributed by atoms with Gasteiger partial charge in [0.1, 0.15) is 11.6 Å². The molecule has 0 heterocycles. The van der Waals surface area contributed by atoms with Crippen LogP contribution in [0, 0.1) is 5.92 Å². The van der Waals surface area contributed by atoms with Gasteiger partial charge in [-0.1, -0.05) is 32.6 Å². The summed E-state index contributed by atoms with van der Waals surface area (Å²) in [6, 6.07) is -0.944. The Bertz CT molecular complexity index is 376. The molecule has 3 N–H and O–H groups in total. The molecule has 0 spiro atoms. The number of ether oxygens (including phenoxy) is 1. The molecular weight excluding hydrogens is 310 g/mol. The highest BCUT2D eigenvalue weighted by molar-refractivity contribution is 5.79. The molecule has 0 aliphatic heterocycles. The molecular formula is C18H35NO5. The van der Waals surface area contributed by atoms with Crippen molar-refractivity contribution in [3.63, 3.8) is 0 Å². The smallest absolute Gasteiger partial charge is 0.408 e. The molecule has 0 aliphatic rings. The summed E-state index contributed by atoms with van der Waals surface area (Å²) in [5.41, 5.74) is -0.656. The van der Waals surface area contributed by atoms with Crippen molar-refractivity contribution in [2.24, 2.45) is 5.92 Å². The molecule has 0 aromatic heterocycles. The molecule has 142 valence electrons. The number of hydrogen-bond acceptors (Lipinski definition) is 4. The number of aliphatic hydroxyl groups excluding tert-OH is 1. The first-order valence-electron chi connectivity index (χ1n) is 8.97. The third-order valence-corrected chi connectivity index (χ3v) is 3.92. The van der Waals surface area contributed by atoms with Gasteiger partial charge in [0.2, 0.25) is 0 Å². The lowest BCUT2D eigenvalue weighted by Crippen LogP contribution is -2.43. The van der Waals surface area contributed by atoms with Gasteiger partial charge in [-0.15, -0.1) is 0 Å². The highest BCUT2D eigenvalue weighted by Crippen LogP contribution is 2.21. The molecule has 0 saturated heterocycles. The highest BCUT2D eigenvalue weighted by atomic mass is 16.6. The van der Waals surface area contributed by atoms with Gasteiger partial charge in [-0.25, -0.2) is 9.59 Å². The molecule has 0 bridgehead atoms. The van der Waals surface area contributed by atoms with Crippen molar-refractivity contribution >= 4 is 12.1 Å². The number of carboxylic acids is 1. The van der Waals surface area contributed by atoms with Gasteiger partial charge in [-0.3, -0.25) is 0 Å². The van der Waals surface area contributed by atoms with Gasteiger partial charge in [0.15, 0.2) is 0 Å². The Hall–Kier alpha value is -1.30. The molecule has 0 radical (unpaired) electrons. The number of carbonyl (C=O) groups excluding carboxylic acids is 1. The maximum atomic E-state index is 11.7. The predicted octanol–water partition coefficient (Wildman–Crippen LogP) is 3.71. The molecule has 0 unspecified atom stereocenters. The molecule has 0 saturated carbocycles. The van der Waals surface area contributed by atoms with Gasteiger partial charge in [0, 0.05) is 0 Å². The Morgan fingerprint density at radius 2 is 1.62 bits per heavy atom. The van der Waals surface area contributed by atoms with Crippen LogP contribution in [0.25, 0.3) is 0 Å². The first-order chi connectivity index (χ1) is 11.1. The first kappa shape index (κ1) is 22.7. The van der Waals surface area contributed by atoms with Crippen LogP contribution in [0.15, 0.2) is 0 Å². The summed E-state index contributed by atoms with van der Waals surface area (Å²) < 4.78 is 5.09. The number of nitrogens with one attached hydrogen (secondary N) is 1. The van der Waals surface area contributed by atoms with E-state index in [0.29, 0.717) is 12.8 Å². The second kappa shape index (κ2) is 11.3. The third-order valence-electron chi connectivity index (χ3n) is 3.92. The predicted molar refractivity (Wildman–Crippen MR) is 94.0 cm³/mol. The van der Waals surface area contributed by atoms with Crippen molar-refractivity contribution in [3.05, 3.63) is 0 Å². The number of rotatable bonds is 11. The van der Waals surface area contributed by atoms with Gasteiger partial charge in [0.25, 0.3) is 0 Å². The van der Waals surface area contributed by atoms with Crippen LogP contribution in [0.3, 0.4) is 0 Å². The zero-order valence-corrected chi connectivity index (χ0v) is 15.8. The minimum absolute atomic E-state index is 0.257. The summed E-state index contributed by atoms with van der Waals surface area (Å²) in [5.74, 6) is -0.800. The van der Waals surface area contributed by atoms with Crippen LogP contribution in [0.1, 0.15) is 79.6 Å². The van der Waals surface area contributed by atoms with Gasteiger partial charge in [-0.2, -0.15) is 0 Å². The zero-order chi connectivity index (χ0) is 18.8. The number of hydrogen-bond donors (Lipinski definition) is 3. The molecule has 24 heavy (non-hydrogen) atoms. The van der Waals surface area contributed by atoms with E-state index in [1.807, 2.05) is 6.92 Å². The van der Waals surface area contributed by atoms with Crippen molar-refractivity contribution in [2.45, 2.75) is 97.3 Å². The van der Waals surface area contributed by atoms with Gasteiger partial charge >= 0.3 is 12.1 Å². The van der Waals surface area contributed by atoms with E-state index in [4.69, 9.17) is 4.74 Å². The molecule has 0 rings (SSSR count). The maximum Gasteiger partial charge on any atom is 0.408 e. The van der Waals surface area contributed by atoms with Gasteiger partial charge in [-0.05, 0) is 52.9 Å². The average Bonchev–Trinajstić information content (AvgIpc) is 2.42. The summed E-state index contributed by atoms with van der Waals surface area (Å²) in [4.78, 5) is 23.0. The summed E-state index contributed by atoms with van der Waals surface area (Å²) in [6.45, 7) is 9.13. The second-order valence-corrected chi connectivity index (χ2v) is 7.46. The van der Waals surface area contributed by atoms with Crippen LogP contribution >= 0.6 is 0 Å². The number of amides is 1. The molecule has 0 fully saturated rings. The van der Waals surface area contributed by atoms with Crippen LogP contribution in [-0.2, 0) is 9.53 Å². The lowest BCUT2D eigenvalue weighted by molar-refractivity contribution is -0.139. The van der Waals surface area contributed by atoms with Crippen LogP contribution in [0.4, 0.5) is 4.79 Å². The van der Waals surface area contributed by atoms with E-state index in [-0.39, 0.29) is 12.0 Å². The molecule has 0 aromatic rings. The van der Waals surface area contributed by atoms with Crippen LogP contribution in [0.5, 0.6) is 0 Å². The second-order valence-electron chi connectivity index (χ2n) is 7.46. The average molecular weight is 345 g/mol. The van der Waals surface area contributed by atoms with Crippen molar-refractivity contribution in [1.29, 1.82) is 0 Å². The van der Waals surface area contributed by atoms with E-state index in [2.05, 4.69) is 12.2 Å². The number of aliphatic carboxylic acids is 1. The summed E-state index contributed by atoms with van der Waals surface area (Å²) in [5, 5.41) is 21.4. The third kappa shape index (κ3) is 11.3. The van der Waals surface area contributed by atoms with E-state index >= 15 is 0 Å². The topological polar surface area (TPSA) is 95.9 Å². The van der Waals surface area contributed by atoms with E-state index in [1.54, 1.807) is 20.8 Å². The van der Waals surface area contributed by atoms with Crippen LogP contribution < -0.4 is 5.32 Å². The number of unbranched alkanes of at least 4 members (excludes halogenated alkanes) is 2. The zero-order valence-electron chi connectivity index (χ0n) is 15.8. The Labute approximate surface area is 146 Å². The molecule has 0 aromatic carbocycles. The van der Waals surface area contributed by atoms with Crippen molar-refractivity contribution in [2.75, 3.05) is 0 Å². The molecule has 6 nitrogen and oxygen atoms in total. The van der Waals surface area contributed by atoms with Gasteiger partial charge in [0.05, 0.1) is 6.10 Å². The quantitative estimate of drug-likeness (QED) is 0.496. The normalized spacial score (nSPS) is 15.4. The standard InChI is InChI=1S/C18H35NO5/c1-6-7-10-14(13(2)20)11-8-9-12-15(16(21)22)19-17(23)24-18(3,4)5/h13-15,20H,6-12H2,1-5H3,(H,19,23)(H,21,22)/t13-,14+,15-/m0/s1. The van der Waals surface area contributed by atoms with Crippen molar-refractivity contribution < 1.29 is 24.5 Å². The fourth-order valence-corrected chi connectivity index (χ4v) is 2.56. The SMILES string of the molecule is CCCC[C@H](CCCC[C@H](NC(=O)OC(C)(C)C)C(=O)O)[C@H](C)O. The van der Waals surface area contributed by atoms with E-state index in [0.717, 1.165) is 32.1 Å². The highest BCUT2D eigenvalue weighted by Gasteiger charge is 2.23. The minimum atomic E-state index is -1.06. The number of aliphatic hydroxyl groups is 1. The lowest BCUT2D eigenvalue weighted by Gasteiger charge is -2.22. The lowest BCUT2D eigenvalue weighted by atomic mass is 9.91. The molecule has 0 aliphatic carbocycles. The maximum absolute atomic E-state index is 11.7. The molecule has 1 amide bonds. The van der Waals surface area contributed by atoms with Crippen molar-refractivity contribution in [1.82, 2.24) is 5.32 Å². The van der Waals surface area contributed by atoms with E-state index < -0.39 is 23.7 Å². The fourth-order valence-electron chi connectivity index (χ4n) is 2.56. The summed E-state index contributed by atoms with van der Waals surface area (Å²) in [7, 11) is 0. The summed E-state index contributed by atoms with van der Waals surface area (Å²) in [6.07, 6.45) is 4.88. The largest absolute Gasteiger partial charge is 0.480 e. The number of alkyl carbamates (subject to hydrolysis) is 1. The van der Waals surface area contributed by atoms with E-state index in [9.17, 15) is 19.8 Å². The summed E-state index contributed by atoms with van der Waals surface area (Å²) >= 11 is 0. The van der Waals surface area contributed by atoms with Crippen LogP contribution in [-0.4, -0.2) is 40.0 Å². The Morgan fingerprint density at radius 1 is 1.08 bits per heavy atom. The monoisotopic (exact) mass is 345 g/mol. The number of carbonyl (C=O) groups is 2. The van der Waals surface area contributed by atoms with Crippen LogP contribution in [0.2, 0.25) is 0 Å². The Balaban J connectivity index is 4.26. The van der Waals surface area contributed by atoms with Crippen molar-refractivity contribution in [3.8, 4) is 0 Å². The Kier molecular flexibility index (Phi) is 10.7. The Morgan fingerprint density at radius 3 is 2.08 bits per heavy atom. The molecule has 3 atom stereocenters. The number of carboxylic acid groups (broad SMARTS) is 1. The minimum Gasteiger partial charge on any atom is -0.480 e. The first-order valence-corrected chi connectivity index (χ1v) is 8.97. The molecule has 6 heteroatoms. The van der Waals surface area contributed by atoms with E-state index in [1.165, 1.54) is 0 Å². The van der Waals surface area contributed by atoms with Gasteiger partial charge < -0.3 is 20.3 Å². The fraction of sp³-hybridized carbons (Fsp3) is 0.889.